The van der Waals surface area contributed by atoms with E-state index in [-0.39, 0.29) is 19.1 Å². The summed E-state index contributed by atoms with van der Waals surface area (Å²) in [5, 5.41) is 11.1. The number of nitro benzene ring substituents is 1. The first kappa shape index (κ1) is 16.3. The molecule has 2 aromatic rings. The van der Waals surface area contributed by atoms with Crippen LogP contribution in [0.25, 0.3) is 0 Å². The fraction of sp³-hybridized carbons (Fsp3) is 0.333. The molecule has 0 spiro atoms. The van der Waals surface area contributed by atoms with E-state index in [1.165, 1.54) is 12.1 Å². The van der Waals surface area contributed by atoms with Crippen LogP contribution >= 0.6 is 0 Å². The topological polar surface area (TPSA) is 70.8 Å². The molecule has 0 saturated carbocycles. The summed E-state index contributed by atoms with van der Waals surface area (Å²) in [5.74, 6) is 1.40. The summed E-state index contributed by atoms with van der Waals surface area (Å²) in [6.07, 6.45) is 0. The van der Waals surface area contributed by atoms with E-state index in [1.807, 2.05) is 26.8 Å². The Balaban J connectivity index is 1.92. The zero-order chi connectivity index (χ0) is 17.3. The van der Waals surface area contributed by atoms with E-state index in [0.29, 0.717) is 23.5 Å². The third kappa shape index (κ3) is 3.19. The SMILES string of the molecule is Cc1cc(C)c(C)c(OCc2cc([N+](=O)[O-])cc3c2OCOC3)c1. The number of non-ortho nitro benzene ring substituents is 1. The molecule has 0 unspecified atom stereocenters. The number of nitro groups is 1. The van der Waals surface area contributed by atoms with Crippen LogP contribution in [-0.4, -0.2) is 11.7 Å². The first-order chi connectivity index (χ1) is 11.5. The van der Waals surface area contributed by atoms with Crippen molar-refractivity contribution in [3.8, 4) is 11.5 Å². The van der Waals surface area contributed by atoms with Crippen LogP contribution in [0, 0.1) is 30.9 Å². The second kappa shape index (κ2) is 6.49. The van der Waals surface area contributed by atoms with Crippen LogP contribution in [0.3, 0.4) is 0 Å². The van der Waals surface area contributed by atoms with Crippen LogP contribution in [0.2, 0.25) is 0 Å². The monoisotopic (exact) mass is 329 g/mol. The van der Waals surface area contributed by atoms with Gasteiger partial charge in [0.25, 0.3) is 5.69 Å². The number of benzene rings is 2. The summed E-state index contributed by atoms with van der Waals surface area (Å²) in [6.45, 7) is 6.68. The van der Waals surface area contributed by atoms with Gasteiger partial charge in [-0.25, -0.2) is 0 Å². The highest BCUT2D eigenvalue weighted by atomic mass is 16.7. The minimum Gasteiger partial charge on any atom is -0.488 e. The van der Waals surface area contributed by atoms with Crippen LogP contribution in [0.5, 0.6) is 11.5 Å². The van der Waals surface area contributed by atoms with Gasteiger partial charge in [-0.1, -0.05) is 6.07 Å². The first-order valence-electron chi connectivity index (χ1n) is 7.67. The molecule has 24 heavy (non-hydrogen) atoms. The molecule has 0 aromatic heterocycles. The molecule has 0 aliphatic carbocycles. The Morgan fingerprint density at radius 2 is 2.00 bits per heavy atom. The molecule has 0 N–H and O–H groups in total. The highest BCUT2D eigenvalue weighted by Crippen LogP contribution is 2.34. The number of rotatable bonds is 4. The van der Waals surface area contributed by atoms with Crippen LogP contribution in [-0.2, 0) is 18.0 Å². The van der Waals surface area contributed by atoms with Crippen molar-refractivity contribution >= 4 is 5.69 Å². The second-order valence-corrected chi connectivity index (χ2v) is 5.95. The van der Waals surface area contributed by atoms with Gasteiger partial charge in [-0.3, -0.25) is 10.1 Å². The molecule has 126 valence electrons. The summed E-state index contributed by atoms with van der Waals surface area (Å²) in [7, 11) is 0. The number of ether oxygens (including phenoxy) is 3. The average molecular weight is 329 g/mol. The zero-order valence-electron chi connectivity index (χ0n) is 13.9. The maximum Gasteiger partial charge on any atom is 0.270 e. The molecule has 2 aromatic carbocycles. The van der Waals surface area contributed by atoms with E-state index >= 15 is 0 Å². The van der Waals surface area contributed by atoms with Crippen molar-refractivity contribution in [2.75, 3.05) is 6.79 Å². The van der Waals surface area contributed by atoms with Crippen LogP contribution in [0.15, 0.2) is 24.3 Å². The van der Waals surface area contributed by atoms with E-state index in [4.69, 9.17) is 14.2 Å². The lowest BCUT2D eigenvalue weighted by atomic mass is 10.1. The molecule has 0 saturated heterocycles. The predicted molar refractivity (Wildman–Crippen MR) is 88.4 cm³/mol. The molecular weight excluding hydrogens is 310 g/mol. The van der Waals surface area contributed by atoms with Crippen molar-refractivity contribution in [1.29, 1.82) is 0 Å². The Hall–Kier alpha value is -2.60. The minimum absolute atomic E-state index is 0.0126. The number of nitrogens with zero attached hydrogens (tertiary/aromatic N) is 1. The summed E-state index contributed by atoms with van der Waals surface area (Å²) in [4.78, 5) is 10.7. The van der Waals surface area contributed by atoms with Gasteiger partial charge >= 0.3 is 0 Å². The predicted octanol–water partition coefficient (Wildman–Crippen LogP) is 3.97. The lowest BCUT2D eigenvalue weighted by molar-refractivity contribution is -0.385. The van der Waals surface area contributed by atoms with Gasteiger partial charge in [0.1, 0.15) is 18.1 Å². The lowest BCUT2D eigenvalue weighted by Gasteiger charge is -2.21. The third-order valence-electron chi connectivity index (χ3n) is 4.13. The molecule has 1 aliphatic heterocycles. The Morgan fingerprint density at radius 3 is 2.75 bits per heavy atom. The molecule has 0 fully saturated rings. The first-order valence-corrected chi connectivity index (χ1v) is 7.67. The van der Waals surface area contributed by atoms with Crippen molar-refractivity contribution in [3.63, 3.8) is 0 Å². The number of hydrogen-bond acceptors (Lipinski definition) is 5. The van der Waals surface area contributed by atoms with Gasteiger partial charge < -0.3 is 14.2 Å². The van der Waals surface area contributed by atoms with Crippen molar-refractivity contribution in [3.05, 3.63) is 62.2 Å². The van der Waals surface area contributed by atoms with Crippen molar-refractivity contribution in [2.45, 2.75) is 34.0 Å². The van der Waals surface area contributed by atoms with Gasteiger partial charge in [0.05, 0.1) is 11.5 Å². The summed E-state index contributed by atoms with van der Waals surface area (Å²) < 4.78 is 16.7. The van der Waals surface area contributed by atoms with E-state index in [1.54, 1.807) is 0 Å². The largest absolute Gasteiger partial charge is 0.488 e. The minimum atomic E-state index is -0.416. The third-order valence-corrected chi connectivity index (χ3v) is 4.13. The van der Waals surface area contributed by atoms with Crippen LogP contribution in [0.1, 0.15) is 27.8 Å². The fourth-order valence-corrected chi connectivity index (χ4v) is 2.80. The van der Waals surface area contributed by atoms with Gasteiger partial charge in [-0.15, -0.1) is 0 Å². The standard InChI is InChI=1S/C18H19NO5/c1-11-4-12(2)13(3)17(5-11)23-9-15-7-16(19(20)21)6-14-8-22-10-24-18(14)15/h4-7H,8-10H2,1-3H3. The fourth-order valence-electron chi connectivity index (χ4n) is 2.80. The highest BCUT2D eigenvalue weighted by Gasteiger charge is 2.21. The molecule has 0 atom stereocenters. The number of aryl methyl sites for hydroxylation is 2. The quantitative estimate of drug-likeness (QED) is 0.627. The second-order valence-electron chi connectivity index (χ2n) is 5.95. The van der Waals surface area contributed by atoms with Gasteiger partial charge in [0, 0.05) is 23.3 Å². The molecule has 6 nitrogen and oxygen atoms in total. The van der Waals surface area contributed by atoms with Crippen molar-refractivity contribution in [1.82, 2.24) is 0 Å². The molecule has 1 heterocycles. The summed E-state index contributed by atoms with van der Waals surface area (Å²) >= 11 is 0. The van der Waals surface area contributed by atoms with Crippen molar-refractivity contribution < 1.29 is 19.1 Å². The Bertz CT molecular complexity index is 800. The van der Waals surface area contributed by atoms with Crippen LogP contribution < -0.4 is 9.47 Å². The Labute approximate surface area is 140 Å². The van der Waals surface area contributed by atoms with Gasteiger partial charge in [0.15, 0.2) is 6.79 Å². The number of fused-ring (bicyclic) bond motifs is 1. The number of hydrogen-bond donors (Lipinski definition) is 0. The molecule has 0 amide bonds. The summed E-state index contributed by atoms with van der Waals surface area (Å²) in [5.41, 5.74) is 4.66. The molecule has 3 rings (SSSR count). The average Bonchev–Trinajstić information content (AvgIpc) is 2.56. The van der Waals surface area contributed by atoms with E-state index in [0.717, 1.165) is 22.4 Å². The maximum absolute atomic E-state index is 11.1. The van der Waals surface area contributed by atoms with E-state index in [9.17, 15) is 10.1 Å². The van der Waals surface area contributed by atoms with E-state index in [2.05, 4.69) is 6.07 Å². The lowest BCUT2D eigenvalue weighted by Crippen LogP contribution is -2.14. The highest BCUT2D eigenvalue weighted by molar-refractivity contribution is 5.50. The van der Waals surface area contributed by atoms with Gasteiger partial charge in [-0.05, 0) is 43.5 Å². The molecule has 0 radical (unpaired) electrons. The maximum atomic E-state index is 11.1. The smallest absolute Gasteiger partial charge is 0.270 e. The Morgan fingerprint density at radius 1 is 1.21 bits per heavy atom. The van der Waals surface area contributed by atoms with Crippen LogP contribution in [0.4, 0.5) is 5.69 Å². The van der Waals surface area contributed by atoms with Gasteiger partial charge in [-0.2, -0.15) is 0 Å². The molecule has 0 bridgehead atoms. The molecule has 1 aliphatic rings. The molecule has 6 heteroatoms. The van der Waals surface area contributed by atoms with E-state index < -0.39 is 4.92 Å². The van der Waals surface area contributed by atoms with Crippen molar-refractivity contribution in [2.24, 2.45) is 0 Å². The van der Waals surface area contributed by atoms with Gasteiger partial charge in [0.2, 0.25) is 0 Å². The normalized spacial score (nSPS) is 13.1. The molecular formula is C18H19NO5. The zero-order valence-corrected chi connectivity index (χ0v) is 13.9. The Kier molecular flexibility index (Phi) is 4.40. The summed E-state index contributed by atoms with van der Waals surface area (Å²) in [6, 6.07) is 7.05.